The summed E-state index contributed by atoms with van der Waals surface area (Å²) < 4.78 is 64.9. The summed E-state index contributed by atoms with van der Waals surface area (Å²) in [6.07, 6.45) is -0.223. The van der Waals surface area contributed by atoms with Crippen LogP contribution in [0.2, 0.25) is 0 Å². The number of rotatable bonds is 34. The minimum Gasteiger partial charge on any atom is -0.444 e. The van der Waals surface area contributed by atoms with Gasteiger partial charge in [0.2, 0.25) is 0 Å². The van der Waals surface area contributed by atoms with Crippen molar-refractivity contribution in [1.82, 2.24) is 5.32 Å². The number of hydrogen-bond donors (Lipinski definition) is 1. The van der Waals surface area contributed by atoms with Gasteiger partial charge in [0.25, 0.3) is 0 Å². The van der Waals surface area contributed by atoms with Gasteiger partial charge in [0.15, 0.2) is 0 Å². The van der Waals surface area contributed by atoms with Crippen LogP contribution in [0.4, 0.5) is 4.79 Å². The lowest BCUT2D eigenvalue weighted by Gasteiger charge is -2.19. The lowest BCUT2D eigenvalue weighted by Crippen LogP contribution is -2.34. The van der Waals surface area contributed by atoms with Crippen LogP contribution >= 0.6 is 0 Å². The van der Waals surface area contributed by atoms with E-state index in [1.54, 1.807) is 0 Å². The number of carbonyl (C=O) groups excluding carboxylic acids is 1. The minimum absolute atomic E-state index is 0.228. The van der Waals surface area contributed by atoms with E-state index in [-0.39, 0.29) is 6.10 Å². The van der Waals surface area contributed by atoms with Gasteiger partial charge in [-0.25, -0.2) is 4.79 Å². The molecule has 0 bridgehead atoms. The first-order valence-corrected chi connectivity index (χ1v) is 15.7. The summed E-state index contributed by atoms with van der Waals surface area (Å²) in [5, 5.41) is 2.63. The SMILES string of the molecule is CC(C)OCCOCCOCCOCCOCCOCCOCCOCCOCCOCCOCCNC(=O)OC(C)(C)C. The summed E-state index contributed by atoms with van der Waals surface area (Å²) in [6, 6.07) is 0. The second kappa shape index (κ2) is 33.2. The largest absolute Gasteiger partial charge is 0.444 e. The topological polar surface area (TPSA) is 140 Å². The first kappa shape index (κ1) is 42.8. The first-order chi connectivity index (χ1) is 21.3. The molecule has 0 radical (unpaired) electrons. The van der Waals surface area contributed by atoms with Crippen molar-refractivity contribution in [3.63, 3.8) is 0 Å². The molecule has 14 nitrogen and oxygen atoms in total. The Bertz CT molecular complexity index is 594. The Kier molecular flexibility index (Phi) is 32.3. The van der Waals surface area contributed by atoms with E-state index >= 15 is 0 Å². The Hall–Kier alpha value is -1.17. The molecule has 1 amide bonds. The van der Waals surface area contributed by atoms with Gasteiger partial charge in [0, 0.05) is 6.54 Å². The molecule has 0 atom stereocenters. The third-order valence-electron chi connectivity index (χ3n) is 4.94. The number of hydrogen-bond acceptors (Lipinski definition) is 13. The molecule has 0 aliphatic carbocycles. The standard InChI is InChI=1S/C30H61NO13/c1-28(2)43-27-26-42-25-24-41-23-22-40-21-20-39-19-18-38-17-16-37-15-14-36-13-12-35-11-10-34-9-8-33-7-6-31-29(32)44-30(3,4)5/h28H,6-27H2,1-5H3,(H,31,32). The van der Waals surface area contributed by atoms with Crippen molar-refractivity contribution in [2.75, 3.05) is 145 Å². The molecule has 264 valence electrons. The van der Waals surface area contributed by atoms with Crippen LogP contribution in [0.3, 0.4) is 0 Å². The minimum atomic E-state index is -0.510. The van der Waals surface area contributed by atoms with E-state index in [9.17, 15) is 4.79 Å². The Morgan fingerprint density at radius 1 is 0.455 bits per heavy atom. The summed E-state index contributed by atoms with van der Waals surface area (Å²) in [5.74, 6) is 0. The van der Waals surface area contributed by atoms with Gasteiger partial charge in [-0.3, -0.25) is 0 Å². The van der Waals surface area contributed by atoms with Crippen molar-refractivity contribution in [1.29, 1.82) is 0 Å². The van der Waals surface area contributed by atoms with E-state index in [0.29, 0.717) is 145 Å². The predicted molar refractivity (Wildman–Crippen MR) is 164 cm³/mol. The average molecular weight is 644 g/mol. The van der Waals surface area contributed by atoms with E-state index in [4.69, 9.17) is 56.8 Å². The number of amides is 1. The molecule has 14 heteroatoms. The zero-order valence-electron chi connectivity index (χ0n) is 27.9. The Morgan fingerprint density at radius 2 is 0.705 bits per heavy atom. The Labute approximate surface area is 264 Å². The molecular weight excluding hydrogens is 582 g/mol. The second-order valence-electron chi connectivity index (χ2n) is 10.5. The smallest absolute Gasteiger partial charge is 0.407 e. The van der Waals surface area contributed by atoms with Gasteiger partial charge in [-0.2, -0.15) is 0 Å². The molecule has 0 saturated carbocycles. The van der Waals surface area contributed by atoms with Crippen LogP contribution < -0.4 is 5.32 Å². The van der Waals surface area contributed by atoms with E-state index in [0.717, 1.165) is 0 Å². The number of ether oxygens (including phenoxy) is 12. The van der Waals surface area contributed by atoms with Crippen molar-refractivity contribution in [3.8, 4) is 0 Å². The summed E-state index contributed by atoms with van der Waals surface area (Å²) in [4.78, 5) is 11.5. The fraction of sp³-hybridized carbons (Fsp3) is 0.967. The lowest BCUT2D eigenvalue weighted by molar-refractivity contribution is -0.0286. The van der Waals surface area contributed by atoms with Crippen LogP contribution in [0.15, 0.2) is 0 Å². The lowest BCUT2D eigenvalue weighted by atomic mass is 10.2. The zero-order chi connectivity index (χ0) is 32.4. The fourth-order valence-corrected chi connectivity index (χ4v) is 2.96. The van der Waals surface area contributed by atoms with Crippen LogP contribution in [-0.4, -0.2) is 163 Å². The van der Waals surface area contributed by atoms with Gasteiger partial charge in [-0.05, 0) is 34.6 Å². The van der Waals surface area contributed by atoms with Crippen LogP contribution in [0, 0.1) is 0 Å². The molecule has 0 aromatic carbocycles. The van der Waals surface area contributed by atoms with Gasteiger partial charge in [-0.15, -0.1) is 0 Å². The maximum atomic E-state index is 11.5. The van der Waals surface area contributed by atoms with Gasteiger partial charge in [-0.1, -0.05) is 0 Å². The molecule has 0 aromatic heterocycles. The predicted octanol–water partition coefficient (Wildman–Crippen LogP) is 2.10. The molecule has 44 heavy (non-hydrogen) atoms. The number of alkyl carbamates (subject to hydrolysis) is 1. The van der Waals surface area contributed by atoms with Crippen LogP contribution in [0.5, 0.6) is 0 Å². The third-order valence-corrected chi connectivity index (χ3v) is 4.94. The zero-order valence-corrected chi connectivity index (χ0v) is 27.9. The average Bonchev–Trinajstić information content (AvgIpc) is 2.96. The molecule has 0 aromatic rings. The molecule has 0 unspecified atom stereocenters. The highest BCUT2D eigenvalue weighted by Crippen LogP contribution is 2.06. The summed E-state index contributed by atoms with van der Waals surface area (Å²) in [7, 11) is 0. The molecule has 0 aliphatic heterocycles. The highest BCUT2D eigenvalue weighted by molar-refractivity contribution is 5.67. The number of carbonyl (C=O) groups is 1. The van der Waals surface area contributed by atoms with Gasteiger partial charge in [0.05, 0.1) is 145 Å². The van der Waals surface area contributed by atoms with Crippen molar-refractivity contribution >= 4 is 6.09 Å². The van der Waals surface area contributed by atoms with Crippen LogP contribution in [0.25, 0.3) is 0 Å². The monoisotopic (exact) mass is 643 g/mol. The first-order valence-electron chi connectivity index (χ1n) is 15.7. The quantitative estimate of drug-likeness (QED) is 0.103. The van der Waals surface area contributed by atoms with Crippen molar-refractivity contribution < 1.29 is 61.6 Å². The summed E-state index contributed by atoms with van der Waals surface area (Å²) in [5.41, 5.74) is -0.510. The molecule has 0 aliphatic rings. The van der Waals surface area contributed by atoms with Crippen molar-refractivity contribution in [2.45, 2.75) is 46.3 Å². The molecular formula is C30H61NO13. The van der Waals surface area contributed by atoms with Gasteiger partial charge >= 0.3 is 6.09 Å². The fourth-order valence-electron chi connectivity index (χ4n) is 2.96. The Balaban J connectivity index is 3.10. The molecule has 0 spiro atoms. The highest BCUT2D eigenvalue weighted by atomic mass is 16.6. The molecule has 0 rings (SSSR count). The Morgan fingerprint density at radius 3 is 0.955 bits per heavy atom. The maximum absolute atomic E-state index is 11.5. The van der Waals surface area contributed by atoms with E-state index in [1.165, 1.54) is 0 Å². The van der Waals surface area contributed by atoms with Crippen molar-refractivity contribution in [2.24, 2.45) is 0 Å². The molecule has 0 fully saturated rings. The third kappa shape index (κ3) is 38.9. The maximum Gasteiger partial charge on any atom is 0.407 e. The summed E-state index contributed by atoms with van der Waals surface area (Å²) in [6.45, 7) is 20.4. The van der Waals surface area contributed by atoms with E-state index in [2.05, 4.69) is 5.32 Å². The second-order valence-corrected chi connectivity index (χ2v) is 10.5. The van der Waals surface area contributed by atoms with Crippen molar-refractivity contribution in [3.05, 3.63) is 0 Å². The molecule has 0 heterocycles. The molecule has 0 saturated heterocycles. The van der Waals surface area contributed by atoms with E-state index in [1.807, 2.05) is 34.6 Å². The summed E-state index contributed by atoms with van der Waals surface area (Å²) >= 11 is 0. The van der Waals surface area contributed by atoms with Crippen LogP contribution in [0.1, 0.15) is 34.6 Å². The van der Waals surface area contributed by atoms with Crippen LogP contribution in [-0.2, 0) is 56.8 Å². The van der Waals surface area contributed by atoms with Gasteiger partial charge in [0.1, 0.15) is 5.60 Å². The highest BCUT2D eigenvalue weighted by Gasteiger charge is 2.15. The van der Waals surface area contributed by atoms with E-state index < -0.39 is 11.7 Å². The van der Waals surface area contributed by atoms with Gasteiger partial charge < -0.3 is 62.2 Å². The number of nitrogens with one attached hydrogen (secondary N) is 1. The molecule has 1 N–H and O–H groups in total. The normalized spacial score (nSPS) is 11.9.